The standard InChI is InChI=1S/C8H12.C2H7N/c1-4-5-6-7-8(2)3;1-3-2/h4-7H,1H2,2-3H3;3H,1-2H3/b6-5-;. The zero-order valence-electron chi connectivity index (χ0n) is 8.02. The molecule has 0 aliphatic heterocycles. The molecule has 0 aromatic rings. The normalized spacial score (nSPS) is 8.36. The molecule has 0 spiro atoms. The van der Waals surface area contributed by atoms with E-state index in [1.165, 1.54) is 5.57 Å². The van der Waals surface area contributed by atoms with Crippen LogP contribution in [0.2, 0.25) is 0 Å². The van der Waals surface area contributed by atoms with Crippen LogP contribution in [0.15, 0.2) is 36.5 Å². The van der Waals surface area contributed by atoms with Gasteiger partial charge >= 0.3 is 0 Å². The van der Waals surface area contributed by atoms with Crippen molar-refractivity contribution >= 4 is 0 Å². The van der Waals surface area contributed by atoms with E-state index in [0.717, 1.165) is 0 Å². The van der Waals surface area contributed by atoms with Crippen LogP contribution in [0.3, 0.4) is 0 Å². The number of allylic oxidation sites excluding steroid dienone is 5. The maximum Gasteiger partial charge on any atom is -0.0167 e. The van der Waals surface area contributed by atoms with Crippen molar-refractivity contribution in [2.45, 2.75) is 13.8 Å². The summed E-state index contributed by atoms with van der Waals surface area (Å²) in [7, 11) is 3.75. The fourth-order valence-electron chi connectivity index (χ4n) is 0.327. The number of rotatable bonds is 2. The fraction of sp³-hybridized carbons (Fsp3) is 0.400. The highest BCUT2D eigenvalue weighted by Gasteiger charge is 1.66. The molecule has 0 saturated heterocycles. The highest BCUT2D eigenvalue weighted by Crippen LogP contribution is 1.87. The van der Waals surface area contributed by atoms with Crippen molar-refractivity contribution in [3.05, 3.63) is 36.5 Å². The van der Waals surface area contributed by atoms with E-state index >= 15 is 0 Å². The second-order valence-corrected chi connectivity index (χ2v) is 2.36. The Labute approximate surface area is 70.5 Å². The maximum absolute atomic E-state index is 3.54. The molecule has 0 rings (SSSR count). The van der Waals surface area contributed by atoms with Crippen LogP contribution in [0.5, 0.6) is 0 Å². The van der Waals surface area contributed by atoms with Gasteiger partial charge < -0.3 is 5.32 Å². The molecule has 0 unspecified atom stereocenters. The van der Waals surface area contributed by atoms with E-state index in [1.54, 1.807) is 6.08 Å². The molecule has 0 atom stereocenters. The molecule has 0 heterocycles. The smallest absolute Gasteiger partial charge is 0.0167 e. The van der Waals surface area contributed by atoms with Gasteiger partial charge in [-0.3, -0.25) is 0 Å². The second-order valence-electron chi connectivity index (χ2n) is 2.36. The summed E-state index contributed by atoms with van der Waals surface area (Å²) in [6, 6.07) is 0. The average molecular weight is 153 g/mol. The van der Waals surface area contributed by atoms with Crippen molar-refractivity contribution < 1.29 is 0 Å². The van der Waals surface area contributed by atoms with Gasteiger partial charge in [0, 0.05) is 0 Å². The third-order valence-corrected chi connectivity index (χ3v) is 0.677. The quantitative estimate of drug-likeness (QED) is 0.601. The Hall–Kier alpha value is -0.820. The minimum absolute atomic E-state index is 1.31. The van der Waals surface area contributed by atoms with Crippen molar-refractivity contribution in [2.75, 3.05) is 14.1 Å². The molecule has 64 valence electrons. The first-order valence-electron chi connectivity index (χ1n) is 3.70. The molecule has 0 aromatic heterocycles. The van der Waals surface area contributed by atoms with Crippen LogP contribution in [0.4, 0.5) is 0 Å². The lowest BCUT2D eigenvalue weighted by Crippen LogP contribution is -1.89. The van der Waals surface area contributed by atoms with E-state index in [4.69, 9.17) is 0 Å². The third kappa shape index (κ3) is 27.1. The van der Waals surface area contributed by atoms with Gasteiger partial charge in [0.2, 0.25) is 0 Å². The monoisotopic (exact) mass is 153 g/mol. The van der Waals surface area contributed by atoms with Crippen LogP contribution in [-0.2, 0) is 0 Å². The van der Waals surface area contributed by atoms with Crippen LogP contribution in [0.25, 0.3) is 0 Å². The zero-order chi connectivity index (χ0) is 9.11. The predicted octanol–water partition coefficient (Wildman–Crippen LogP) is 2.53. The van der Waals surface area contributed by atoms with E-state index in [1.807, 2.05) is 32.3 Å². The van der Waals surface area contributed by atoms with Crippen molar-refractivity contribution in [3.63, 3.8) is 0 Å². The van der Waals surface area contributed by atoms with Crippen LogP contribution in [-0.4, -0.2) is 14.1 Å². The van der Waals surface area contributed by atoms with Gasteiger partial charge in [-0.15, -0.1) is 0 Å². The average Bonchev–Trinajstić information content (AvgIpc) is 1.89. The Morgan fingerprint density at radius 1 is 1.18 bits per heavy atom. The molecular formula is C10H19N. The van der Waals surface area contributed by atoms with E-state index in [2.05, 4.69) is 25.7 Å². The molecule has 0 amide bonds. The molecule has 11 heavy (non-hydrogen) atoms. The minimum Gasteiger partial charge on any atom is -0.323 e. The lowest BCUT2D eigenvalue weighted by atomic mass is 10.3. The van der Waals surface area contributed by atoms with E-state index < -0.39 is 0 Å². The third-order valence-electron chi connectivity index (χ3n) is 0.677. The minimum atomic E-state index is 1.31. The molecule has 1 N–H and O–H groups in total. The fourth-order valence-corrected chi connectivity index (χ4v) is 0.327. The van der Waals surface area contributed by atoms with Crippen LogP contribution < -0.4 is 5.32 Å². The first-order chi connectivity index (χ1) is 5.18. The van der Waals surface area contributed by atoms with E-state index in [-0.39, 0.29) is 0 Å². The first kappa shape index (κ1) is 12.8. The first-order valence-corrected chi connectivity index (χ1v) is 3.70. The highest BCUT2D eigenvalue weighted by molar-refractivity contribution is 5.12. The molecule has 1 nitrogen and oxygen atoms in total. The Bertz CT molecular complexity index is 128. The summed E-state index contributed by atoms with van der Waals surface area (Å²) >= 11 is 0. The van der Waals surface area contributed by atoms with Crippen molar-refractivity contribution in [2.24, 2.45) is 0 Å². The Kier molecular flexibility index (Phi) is 13.9. The summed E-state index contributed by atoms with van der Waals surface area (Å²) < 4.78 is 0. The Balaban J connectivity index is 0. The summed E-state index contributed by atoms with van der Waals surface area (Å²) in [4.78, 5) is 0. The summed E-state index contributed by atoms with van der Waals surface area (Å²) in [6.07, 6.45) is 7.69. The summed E-state index contributed by atoms with van der Waals surface area (Å²) in [5.74, 6) is 0. The van der Waals surface area contributed by atoms with Crippen molar-refractivity contribution in [1.29, 1.82) is 0 Å². The van der Waals surface area contributed by atoms with Gasteiger partial charge in [0.05, 0.1) is 0 Å². The van der Waals surface area contributed by atoms with Crippen LogP contribution in [0, 0.1) is 0 Å². The molecule has 0 bridgehead atoms. The summed E-state index contributed by atoms with van der Waals surface area (Å²) in [6.45, 7) is 7.67. The van der Waals surface area contributed by atoms with Crippen LogP contribution >= 0.6 is 0 Å². The highest BCUT2D eigenvalue weighted by atomic mass is 14.7. The number of hydrogen-bond donors (Lipinski definition) is 1. The maximum atomic E-state index is 3.54. The Morgan fingerprint density at radius 2 is 1.64 bits per heavy atom. The number of nitrogens with one attached hydrogen (secondary N) is 1. The Morgan fingerprint density at radius 3 is 1.91 bits per heavy atom. The van der Waals surface area contributed by atoms with Crippen molar-refractivity contribution in [1.82, 2.24) is 5.32 Å². The van der Waals surface area contributed by atoms with E-state index in [0.29, 0.717) is 0 Å². The molecule has 0 aliphatic rings. The van der Waals surface area contributed by atoms with Crippen molar-refractivity contribution in [3.8, 4) is 0 Å². The molecule has 1 heteroatoms. The molecule has 0 aliphatic carbocycles. The van der Waals surface area contributed by atoms with Gasteiger partial charge in [0.25, 0.3) is 0 Å². The van der Waals surface area contributed by atoms with Gasteiger partial charge in [-0.25, -0.2) is 0 Å². The second kappa shape index (κ2) is 11.9. The van der Waals surface area contributed by atoms with Gasteiger partial charge in [-0.2, -0.15) is 0 Å². The summed E-state index contributed by atoms with van der Waals surface area (Å²) in [5.41, 5.74) is 1.31. The molecule has 0 saturated carbocycles. The lowest BCUT2D eigenvalue weighted by molar-refractivity contribution is 1.02. The molecule has 0 fully saturated rings. The lowest BCUT2D eigenvalue weighted by Gasteiger charge is -1.78. The van der Waals surface area contributed by atoms with E-state index in [9.17, 15) is 0 Å². The largest absolute Gasteiger partial charge is 0.323 e. The molecule has 0 aromatic carbocycles. The SMILES string of the molecule is C=C/C=C\C=C(C)C.CNC. The van der Waals surface area contributed by atoms with Gasteiger partial charge in [0.1, 0.15) is 0 Å². The predicted molar refractivity (Wildman–Crippen MR) is 53.8 cm³/mol. The topological polar surface area (TPSA) is 12.0 Å². The number of hydrogen-bond acceptors (Lipinski definition) is 1. The zero-order valence-corrected chi connectivity index (χ0v) is 8.02. The van der Waals surface area contributed by atoms with Gasteiger partial charge in [-0.1, -0.05) is 36.5 Å². The van der Waals surface area contributed by atoms with Gasteiger partial charge in [0.15, 0.2) is 0 Å². The molecular weight excluding hydrogens is 134 g/mol. The van der Waals surface area contributed by atoms with Crippen LogP contribution in [0.1, 0.15) is 13.8 Å². The molecule has 0 radical (unpaired) electrons. The summed E-state index contributed by atoms with van der Waals surface area (Å²) in [5, 5.41) is 2.75. The van der Waals surface area contributed by atoms with Gasteiger partial charge in [-0.05, 0) is 27.9 Å².